The van der Waals surface area contributed by atoms with E-state index < -0.39 is 55.0 Å². The smallest absolute Gasteiger partial charge is 0.404 e. The summed E-state index contributed by atoms with van der Waals surface area (Å²) >= 11 is 0. The molecule has 0 aliphatic carbocycles. The van der Waals surface area contributed by atoms with Crippen LogP contribution in [0, 0.1) is 0 Å². The lowest BCUT2D eigenvalue weighted by atomic mass is 10.00. The Bertz CT molecular complexity index is 1010. The van der Waals surface area contributed by atoms with Gasteiger partial charge in [-0.1, -0.05) is 60.7 Å². The SMILES string of the molecule is CN(Cc1ccccc1)C(=O)C1CC(F)(F)CN1C(=O)[C@@H](O)[C@H](Cc1ccccc1)NC(=O)O. The molecule has 0 saturated carbocycles. The first-order valence-corrected chi connectivity index (χ1v) is 10.8. The Morgan fingerprint density at radius 1 is 1.09 bits per heavy atom. The molecule has 3 atom stereocenters. The van der Waals surface area contributed by atoms with E-state index in [1.807, 2.05) is 6.07 Å². The largest absolute Gasteiger partial charge is 0.465 e. The molecule has 2 aromatic rings. The molecule has 34 heavy (non-hydrogen) atoms. The summed E-state index contributed by atoms with van der Waals surface area (Å²) in [7, 11) is 1.45. The maximum Gasteiger partial charge on any atom is 0.404 e. The minimum atomic E-state index is -3.32. The summed E-state index contributed by atoms with van der Waals surface area (Å²) in [6.07, 6.45) is -4.36. The van der Waals surface area contributed by atoms with E-state index >= 15 is 0 Å². The van der Waals surface area contributed by atoms with E-state index in [-0.39, 0.29) is 13.0 Å². The minimum Gasteiger partial charge on any atom is -0.465 e. The summed E-state index contributed by atoms with van der Waals surface area (Å²) in [6.45, 7) is -0.882. The minimum absolute atomic E-state index is 0.0448. The Morgan fingerprint density at radius 2 is 1.65 bits per heavy atom. The molecular formula is C24H27F2N3O5. The number of rotatable bonds is 8. The third-order valence-corrected chi connectivity index (χ3v) is 5.72. The molecule has 3 N–H and O–H groups in total. The summed E-state index contributed by atoms with van der Waals surface area (Å²) in [5.74, 6) is -5.14. The van der Waals surface area contributed by atoms with Gasteiger partial charge in [0.2, 0.25) is 5.91 Å². The van der Waals surface area contributed by atoms with Crippen molar-refractivity contribution in [1.29, 1.82) is 0 Å². The highest BCUT2D eigenvalue weighted by Crippen LogP contribution is 2.34. The van der Waals surface area contributed by atoms with Gasteiger partial charge >= 0.3 is 6.09 Å². The highest BCUT2D eigenvalue weighted by atomic mass is 19.3. The number of carbonyl (C=O) groups is 3. The van der Waals surface area contributed by atoms with Crippen LogP contribution in [0.5, 0.6) is 0 Å². The predicted molar refractivity (Wildman–Crippen MR) is 119 cm³/mol. The average molecular weight is 475 g/mol. The van der Waals surface area contributed by atoms with Crippen molar-refractivity contribution in [2.45, 2.75) is 43.5 Å². The summed E-state index contributed by atoms with van der Waals surface area (Å²) in [5, 5.41) is 22.0. The molecular weight excluding hydrogens is 448 g/mol. The van der Waals surface area contributed by atoms with Gasteiger partial charge in [-0.25, -0.2) is 13.6 Å². The van der Waals surface area contributed by atoms with Gasteiger partial charge in [0.15, 0.2) is 6.10 Å². The number of likely N-dealkylation sites (N-methyl/N-ethyl adjacent to an activating group) is 1. The summed E-state index contributed by atoms with van der Waals surface area (Å²) < 4.78 is 28.6. The number of aliphatic hydroxyl groups is 1. The van der Waals surface area contributed by atoms with E-state index in [0.717, 1.165) is 5.56 Å². The zero-order chi connectivity index (χ0) is 24.9. The van der Waals surface area contributed by atoms with Gasteiger partial charge in [-0.3, -0.25) is 9.59 Å². The van der Waals surface area contributed by atoms with Gasteiger partial charge in [-0.05, 0) is 17.5 Å². The maximum absolute atomic E-state index is 14.3. The molecule has 1 heterocycles. The number of likely N-dealkylation sites (tertiary alicyclic amines) is 1. The van der Waals surface area contributed by atoms with Crippen LogP contribution in [0.1, 0.15) is 17.5 Å². The van der Waals surface area contributed by atoms with Gasteiger partial charge in [-0.2, -0.15) is 0 Å². The molecule has 1 aliphatic heterocycles. The normalized spacial score (nSPS) is 18.7. The van der Waals surface area contributed by atoms with Crippen LogP contribution in [0.15, 0.2) is 60.7 Å². The van der Waals surface area contributed by atoms with Crippen molar-refractivity contribution in [2.24, 2.45) is 0 Å². The van der Waals surface area contributed by atoms with Crippen molar-refractivity contribution in [1.82, 2.24) is 15.1 Å². The van der Waals surface area contributed by atoms with Crippen LogP contribution in [-0.2, 0) is 22.6 Å². The number of benzene rings is 2. The number of amides is 3. The van der Waals surface area contributed by atoms with Crippen molar-refractivity contribution in [3.63, 3.8) is 0 Å². The number of carboxylic acid groups (broad SMARTS) is 1. The molecule has 3 rings (SSSR count). The summed E-state index contributed by atoms with van der Waals surface area (Å²) in [4.78, 5) is 39.3. The highest BCUT2D eigenvalue weighted by Gasteiger charge is 2.52. The number of carbonyl (C=O) groups excluding carboxylic acids is 2. The molecule has 1 fully saturated rings. The Morgan fingerprint density at radius 3 is 2.21 bits per heavy atom. The Labute approximate surface area is 195 Å². The fraction of sp³-hybridized carbons (Fsp3) is 0.375. The molecule has 0 aromatic heterocycles. The quantitative estimate of drug-likeness (QED) is 0.542. The molecule has 8 nitrogen and oxygen atoms in total. The fourth-order valence-electron chi connectivity index (χ4n) is 4.07. The van der Waals surface area contributed by atoms with Crippen molar-refractivity contribution >= 4 is 17.9 Å². The van der Waals surface area contributed by atoms with E-state index in [1.54, 1.807) is 54.6 Å². The molecule has 0 spiro atoms. The maximum atomic E-state index is 14.3. The Hall–Kier alpha value is -3.53. The first kappa shape index (κ1) is 25.1. The molecule has 10 heteroatoms. The van der Waals surface area contributed by atoms with Crippen molar-refractivity contribution < 1.29 is 33.4 Å². The van der Waals surface area contributed by atoms with Crippen LogP contribution in [-0.4, -0.2) is 75.6 Å². The summed E-state index contributed by atoms with van der Waals surface area (Å²) in [5.41, 5.74) is 1.42. The Kier molecular flexibility index (Phi) is 7.83. The number of halogens is 2. The van der Waals surface area contributed by atoms with Gasteiger partial charge in [-0.15, -0.1) is 0 Å². The van der Waals surface area contributed by atoms with E-state index in [1.165, 1.54) is 11.9 Å². The van der Waals surface area contributed by atoms with Crippen LogP contribution in [0.3, 0.4) is 0 Å². The molecule has 2 aromatic carbocycles. The van der Waals surface area contributed by atoms with Crippen molar-refractivity contribution in [2.75, 3.05) is 13.6 Å². The van der Waals surface area contributed by atoms with Crippen molar-refractivity contribution in [3.05, 3.63) is 71.8 Å². The fourth-order valence-corrected chi connectivity index (χ4v) is 4.07. The van der Waals surface area contributed by atoms with Crippen molar-refractivity contribution in [3.8, 4) is 0 Å². The van der Waals surface area contributed by atoms with E-state index in [0.29, 0.717) is 10.5 Å². The number of aliphatic hydroxyl groups excluding tert-OH is 1. The topological polar surface area (TPSA) is 110 Å². The highest BCUT2D eigenvalue weighted by molar-refractivity contribution is 5.90. The summed E-state index contributed by atoms with van der Waals surface area (Å²) in [6, 6.07) is 14.7. The van der Waals surface area contributed by atoms with Gasteiger partial charge in [0, 0.05) is 20.0 Å². The van der Waals surface area contributed by atoms with E-state index in [2.05, 4.69) is 5.32 Å². The first-order chi connectivity index (χ1) is 16.1. The molecule has 1 unspecified atom stereocenters. The molecule has 0 bridgehead atoms. The predicted octanol–water partition coefficient (Wildman–Crippen LogP) is 2.12. The number of alkyl halides is 2. The second-order valence-electron chi connectivity index (χ2n) is 8.41. The lowest BCUT2D eigenvalue weighted by molar-refractivity contribution is -0.149. The number of hydrogen-bond donors (Lipinski definition) is 3. The Balaban J connectivity index is 1.78. The van der Waals surface area contributed by atoms with E-state index in [9.17, 15) is 28.3 Å². The number of hydrogen-bond acceptors (Lipinski definition) is 4. The average Bonchev–Trinajstić information content (AvgIpc) is 3.13. The van der Waals surface area contributed by atoms with E-state index in [4.69, 9.17) is 5.11 Å². The van der Waals surface area contributed by atoms with Crippen LogP contribution in [0.4, 0.5) is 13.6 Å². The molecule has 1 aliphatic rings. The lowest BCUT2D eigenvalue weighted by Crippen LogP contribution is -2.55. The third kappa shape index (κ3) is 6.28. The van der Waals surface area contributed by atoms with Gasteiger partial charge in [0.05, 0.1) is 12.6 Å². The second-order valence-corrected chi connectivity index (χ2v) is 8.41. The standard InChI is InChI=1S/C24H27F2N3O5/c1-28(14-17-10-6-3-7-11-17)21(31)19-13-24(25,26)15-29(19)22(32)20(30)18(27-23(33)34)12-16-8-4-2-5-9-16/h2-11,18-20,27,30H,12-15H2,1H3,(H,33,34)/t18-,19?,20-/m0/s1. The van der Waals surface area contributed by atoms with Gasteiger partial charge in [0.25, 0.3) is 11.8 Å². The zero-order valence-electron chi connectivity index (χ0n) is 18.6. The van der Waals surface area contributed by atoms with Gasteiger partial charge < -0.3 is 25.3 Å². The zero-order valence-corrected chi connectivity index (χ0v) is 18.6. The molecule has 3 amide bonds. The lowest BCUT2D eigenvalue weighted by Gasteiger charge is -2.31. The van der Waals surface area contributed by atoms with Crippen LogP contribution >= 0.6 is 0 Å². The van der Waals surface area contributed by atoms with Crippen LogP contribution in [0.25, 0.3) is 0 Å². The van der Waals surface area contributed by atoms with Gasteiger partial charge in [0.1, 0.15) is 6.04 Å². The number of nitrogens with one attached hydrogen (secondary N) is 1. The number of nitrogens with zero attached hydrogens (tertiary/aromatic N) is 2. The third-order valence-electron chi connectivity index (χ3n) is 5.72. The second kappa shape index (κ2) is 10.6. The molecule has 0 radical (unpaired) electrons. The van der Waals surface area contributed by atoms with Crippen LogP contribution < -0.4 is 5.32 Å². The van der Waals surface area contributed by atoms with Crippen LogP contribution in [0.2, 0.25) is 0 Å². The molecule has 1 saturated heterocycles. The molecule has 182 valence electrons. The first-order valence-electron chi connectivity index (χ1n) is 10.8. The monoisotopic (exact) mass is 475 g/mol.